The molecule has 0 amide bonds. The van der Waals surface area contributed by atoms with Crippen LogP contribution in [0.15, 0.2) is 10.5 Å². The molecular weight excluding hydrogens is 350 g/mol. The normalized spacial score (nSPS) is 10.4. The van der Waals surface area contributed by atoms with Gasteiger partial charge in [0.15, 0.2) is 0 Å². The van der Waals surface area contributed by atoms with Crippen molar-refractivity contribution in [2.75, 3.05) is 18.5 Å². The van der Waals surface area contributed by atoms with E-state index in [4.69, 9.17) is 25.5 Å². The van der Waals surface area contributed by atoms with E-state index < -0.39 is 11.9 Å². The molecule has 9 heteroatoms. The lowest BCUT2D eigenvalue weighted by Gasteiger charge is -2.07. The maximum Gasteiger partial charge on any atom is 0.344 e. The first-order valence-corrected chi connectivity index (χ1v) is 8.01. The summed E-state index contributed by atoms with van der Waals surface area (Å²) in [6.45, 7) is 6.86. The van der Waals surface area contributed by atoms with Gasteiger partial charge in [-0.2, -0.15) is 0 Å². The number of esters is 2. The second-order valence-corrected chi connectivity index (χ2v) is 5.31. The molecule has 0 saturated carbocycles. The third kappa shape index (κ3) is 4.27. The largest absolute Gasteiger partial charge is 0.462 e. The highest BCUT2D eigenvalue weighted by molar-refractivity contribution is 6.29. The summed E-state index contributed by atoms with van der Waals surface area (Å²) in [6.07, 6.45) is 0. The summed E-state index contributed by atoms with van der Waals surface area (Å²) in [7, 11) is 0. The number of hydrogen-bond acceptors (Lipinski definition) is 8. The molecule has 8 nitrogen and oxygen atoms in total. The number of aryl methyl sites for hydroxylation is 2. The summed E-state index contributed by atoms with van der Waals surface area (Å²) >= 11 is 5.91. The van der Waals surface area contributed by atoms with Gasteiger partial charge in [-0.15, -0.1) is 0 Å². The fourth-order valence-electron chi connectivity index (χ4n) is 2.19. The number of halogens is 1. The van der Waals surface area contributed by atoms with Crippen LogP contribution in [0.25, 0.3) is 0 Å². The van der Waals surface area contributed by atoms with Gasteiger partial charge in [0.25, 0.3) is 0 Å². The van der Waals surface area contributed by atoms with E-state index in [1.165, 1.54) is 6.07 Å². The Morgan fingerprint density at radius 3 is 2.28 bits per heavy atom. The van der Waals surface area contributed by atoms with Crippen LogP contribution >= 0.6 is 11.6 Å². The summed E-state index contributed by atoms with van der Waals surface area (Å²) in [5, 5.41) is 3.06. The van der Waals surface area contributed by atoms with Gasteiger partial charge in [-0.1, -0.05) is 11.6 Å². The van der Waals surface area contributed by atoms with Crippen LogP contribution in [0.5, 0.6) is 0 Å². The summed E-state index contributed by atoms with van der Waals surface area (Å²) in [5.74, 6) is -0.388. The molecule has 0 unspecified atom stereocenters. The first-order valence-electron chi connectivity index (χ1n) is 7.63. The number of carbonyl (C=O) groups excluding carboxylic acids is 2. The minimum atomic E-state index is -0.707. The van der Waals surface area contributed by atoms with Crippen molar-refractivity contribution in [3.8, 4) is 0 Å². The zero-order valence-corrected chi connectivity index (χ0v) is 15.1. The fourth-order valence-corrected chi connectivity index (χ4v) is 2.42. The fraction of sp³-hybridized carbons (Fsp3) is 0.375. The molecule has 1 N–H and O–H groups in total. The van der Waals surface area contributed by atoms with Gasteiger partial charge in [0.1, 0.15) is 33.7 Å². The molecule has 2 rings (SSSR count). The van der Waals surface area contributed by atoms with Crippen molar-refractivity contribution in [1.29, 1.82) is 0 Å². The molecule has 0 saturated heterocycles. The number of nitrogens with one attached hydrogen (secondary N) is 1. The molecule has 0 aliphatic carbocycles. The maximum atomic E-state index is 12.3. The van der Waals surface area contributed by atoms with Crippen LogP contribution in [0, 0.1) is 13.8 Å². The van der Waals surface area contributed by atoms with Crippen LogP contribution in [0.1, 0.15) is 46.1 Å². The van der Waals surface area contributed by atoms with Crippen molar-refractivity contribution in [3.05, 3.63) is 33.9 Å². The quantitative estimate of drug-likeness (QED) is 0.611. The van der Waals surface area contributed by atoms with E-state index in [0.29, 0.717) is 11.6 Å². The van der Waals surface area contributed by atoms with Gasteiger partial charge in [-0.3, -0.25) is 0 Å². The van der Waals surface area contributed by atoms with Gasteiger partial charge < -0.3 is 19.2 Å². The average molecular weight is 368 g/mol. The standard InChI is InChI=1S/C16H18ClN3O5/c1-5-23-15(21)12-8(3)25-14(13(12)16(22)24-6-2)20-11-7-10(17)18-9(4)19-11/h7H,5-6H2,1-4H3,(H,18,19,20). The van der Waals surface area contributed by atoms with Crippen molar-refractivity contribution in [2.24, 2.45) is 0 Å². The van der Waals surface area contributed by atoms with Crippen LogP contribution in [0.2, 0.25) is 5.15 Å². The maximum absolute atomic E-state index is 12.3. The molecule has 0 spiro atoms. The van der Waals surface area contributed by atoms with Crippen LogP contribution in [0.4, 0.5) is 11.7 Å². The number of anilines is 2. The second kappa shape index (κ2) is 7.98. The number of hydrogen-bond donors (Lipinski definition) is 1. The number of furan rings is 1. The van der Waals surface area contributed by atoms with Gasteiger partial charge in [-0.05, 0) is 27.7 Å². The Labute approximate surface area is 149 Å². The molecule has 2 aromatic heterocycles. The monoisotopic (exact) mass is 367 g/mol. The lowest BCUT2D eigenvalue weighted by molar-refractivity contribution is 0.0480. The molecule has 0 radical (unpaired) electrons. The van der Waals surface area contributed by atoms with Crippen molar-refractivity contribution in [2.45, 2.75) is 27.7 Å². The molecule has 134 valence electrons. The Morgan fingerprint density at radius 1 is 1.12 bits per heavy atom. The van der Waals surface area contributed by atoms with Crippen molar-refractivity contribution < 1.29 is 23.5 Å². The molecule has 0 fully saturated rings. The number of ether oxygens (including phenoxy) is 2. The summed E-state index contributed by atoms with van der Waals surface area (Å²) in [6, 6.07) is 1.46. The van der Waals surface area contributed by atoms with Gasteiger partial charge in [0, 0.05) is 6.07 Å². The Bertz CT molecular complexity index is 783. The van der Waals surface area contributed by atoms with E-state index in [-0.39, 0.29) is 41.1 Å². The molecule has 0 atom stereocenters. The van der Waals surface area contributed by atoms with Crippen LogP contribution < -0.4 is 5.32 Å². The third-order valence-corrected chi connectivity index (χ3v) is 3.29. The van der Waals surface area contributed by atoms with E-state index in [1.54, 1.807) is 27.7 Å². The number of aromatic nitrogens is 2. The molecule has 2 aromatic rings. The van der Waals surface area contributed by atoms with E-state index in [1.807, 2.05) is 0 Å². The van der Waals surface area contributed by atoms with Gasteiger partial charge >= 0.3 is 11.9 Å². The van der Waals surface area contributed by atoms with E-state index in [0.717, 1.165) is 0 Å². The molecule has 0 aliphatic heterocycles. The van der Waals surface area contributed by atoms with Gasteiger partial charge in [0.05, 0.1) is 13.2 Å². The van der Waals surface area contributed by atoms with E-state index in [9.17, 15) is 9.59 Å². The SMILES string of the molecule is CCOC(=O)c1c(C)oc(Nc2cc(Cl)nc(C)n2)c1C(=O)OCC. The number of carbonyl (C=O) groups is 2. The lowest BCUT2D eigenvalue weighted by Crippen LogP contribution is -2.14. The van der Waals surface area contributed by atoms with Gasteiger partial charge in [0.2, 0.25) is 5.88 Å². The minimum Gasteiger partial charge on any atom is -0.462 e. The average Bonchev–Trinajstić information content (AvgIpc) is 2.82. The van der Waals surface area contributed by atoms with Crippen molar-refractivity contribution in [3.63, 3.8) is 0 Å². The number of rotatable bonds is 6. The molecule has 0 aromatic carbocycles. The van der Waals surface area contributed by atoms with E-state index in [2.05, 4.69) is 15.3 Å². The highest BCUT2D eigenvalue weighted by Gasteiger charge is 2.30. The van der Waals surface area contributed by atoms with Crippen LogP contribution in [0.3, 0.4) is 0 Å². The van der Waals surface area contributed by atoms with Crippen LogP contribution in [-0.2, 0) is 9.47 Å². The molecule has 0 aliphatic rings. The van der Waals surface area contributed by atoms with Crippen molar-refractivity contribution >= 4 is 35.2 Å². The van der Waals surface area contributed by atoms with E-state index >= 15 is 0 Å². The summed E-state index contributed by atoms with van der Waals surface area (Å²) < 4.78 is 15.6. The van der Waals surface area contributed by atoms with Crippen LogP contribution in [-0.4, -0.2) is 35.1 Å². The Kier molecular flexibility index (Phi) is 5.97. The lowest BCUT2D eigenvalue weighted by atomic mass is 10.1. The Morgan fingerprint density at radius 2 is 1.72 bits per heavy atom. The molecular formula is C16H18ClN3O5. The Balaban J connectivity index is 2.51. The zero-order chi connectivity index (χ0) is 18.6. The number of nitrogens with zero attached hydrogens (tertiary/aromatic N) is 2. The molecule has 0 bridgehead atoms. The second-order valence-electron chi connectivity index (χ2n) is 4.93. The first kappa shape index (κ1) is 18.7. The summed E-state index contributed by atoms with van der Waals surface area (Å²) in [4.78, 5) is 32.7. The van der Waals surface area contributed by atoms with Crippen molar-refractivity contribution in [1.82, 2.24) is 9.97 Å². The smallest absolute Gasteiger partial charge is 0.344 e. The highest BCUT2D eigenvalue weighted by atomic mass is 35.5. The zero-order valence-electron chi connectivity index (χ0n) is 14.3. The topological polar surface area (TPSA) is 104 Å². The summed E-state index contributed by atoms with van der Waals surface area (Å²) in [5.41, 5.74) is -0.0372. The first-order chi connectivity index (χ1) is 11.9. The third-order valence-electron chi connectivity index (χ3n) is 3.09. The minimum absolute atomic E-state index is 0.0136. The Hall–Kier alpha value is -2.61. The predicted molar refractivity (Wildman–Crippen MR) is 90.4 cm³/mol. The molecule has 25 heavy (non-hydrogen) atoms. The highest BCUT2D eigenvalue weighted by Crippen LogP contribution is 2.31. The van der Waals surface area contributed by atoms with Gasteiger partial charge in [-0.25, -0.2) is 19.6 Å². The molecule has 2 heterocycles. The predicted octanol–water partition coefficient (Wildman–Crippen LogP) is 3.44.